The largest absolute Gasteiger partial charge is 0.314 e. The quantitative estimate of drug-likeness (QED) is 0.682. The molecule has 0 saturated heterocycles. The van der Waals surface area contributed by atoms with E-state index >= 15 is 0 Å². The first-order chi connectivity index (χ1) is 9.01. The second-order valence-corrected chi connectivity index (χ2v) is 7.08. The van der Waals surface area contributed by atoms with Crippen molar-refractivity contribution in [1.29, 1.82) is 0 Å². The van der Waals surface area contributed by atoms with Gasteiger partial charge in [-0.1, -0.05) is 53.9 Å². The summed E-state index contributed by atoms with van der Waals surface area (Å²) in [7, 11) is 0. The summed E-state index contributed by atoms with van der Waals surface area (Å²) in [6.07, 6.45) is 7.00. The third-order valence-corrected chi connectivity index (χ3v) is 4.82. The van der Waals surface area contributed by atoms with Gasteiger partial charge < -0.3 is 10.2 Å². The van der Waals surface area contributed by atoms with Crippen LogP contribution in [0.4, 0.5) is 0 Å². The van der Waals surface area contributed by atoms with Gasteiger partial charge in [-0.15, -0.1) is 0 Å². The lowest BCUT2D eigenvalue weighted by molar-refractivity contribution is 0.136. The van der Waals surface area contributed by atoms with E-state index in [9.17, 15) is 0 Å². The first-order valence-corrected chi connectivity index (χ1v) is 8.47. The van der Waals surface area contributed by atoms with Gasteiger partial charge in [0.2, 0.25) is 0 Å². The molecule has 0 heterocycles. The Balaban J connectivity index is 2.55. The lowest BCUT2D eigenvalue weighted by atomic mass is 9.84. The van der Waals surface area contributed by atoms with Crippen molar-refractivity contribution in [2.75, 3.05) is 26.2 Å². The lowest BCUT2D eigenvalue weighted by Gasteiger charge is -2.37. The van der Waals surface area contributed by atoms with Crippen molar-refractivity contribution in [2.24, 2.45) is 11.3 Å². The first kappa shape index (κ1) is 17.0. The predicted molar refractivity (Wildman–Crippen MR) is 85.6 cm³/mol. The van der Waals surface area contributed by atoms with Crippen molar-refractivity contribution >= 4 is 0 Å². The average molecular weight is 268 g/mol. The Morgan fingerprint density at radius 1 is 1.11 bits per heavy atom. The molecule has 0 amide bonds. The monoisotopic (exact) mass is 268 g/mol. The Kier molecular flexibility index (Phi) is 7.38. The fourth-order valence-corrected chi connectivity index (χ4v) is 3.29. The third-order valence-electron chi connectivity index (χ3n) is 4.82. The number of nitrogens with zero attached hydrogens (tertiary/aromatic N) is 1. The van der Waals surface area contributed by atoms with Gasteiger partial charge in [-0.3, -0.25) is 0 Å². The molecule has 1 saturated carbocycles. The smallest absolute Gasteiger partial charge is 0.00501 e. The van der Waals surface area contributed by atoms with E-state index in [2.05, 4.69) is 44.8 Å². The maximum absolute atomic E-state index is 3.70. The van der Waals surface area contributed by atoms with Crippen LogP contribution in [0, 0.1) is 11.3 Å². The molecular weight excluding hydrogens is 232 g/mol. The summed E-state index contributed by atoms with van der Waals surface area (Å²) < 4.78 is 0. The molecule has 1 atom stereocenters. The molecule has 19 heavy (non-hydrogen) atoms. The molecule has 0 radical (unpaired) electrons. The minimum absolute atomic E-state index is 0.549. The Morgan fingerprint density at radius 3 is 2.21 bits per heavy atom. The Labute approximate surface area is 121 Å². The topological polar surface area (TPSA) is 15.3 Å². The van der Waals surface area contributed by atoms with E-state index in [1.54, 1.807) is 0 Å². The van der Waals surface area contributed by atoms with E-state index in [1.165, 1.54) is 58.3 Å². The molecule has 0 aromatic carbocycles. The normalized spacial score (nSPS) is 20.4. The molecule has 1 aliphatic carbocycles. The molecule has 0 bridgehead atoms. The Bertz CT molecular complexity index is 231. The molecule has 2 heteroatoms. The minimum Gasteiger partial charge on any atom is -0.314 e. The Hall–Kier alpha value is -0.0800. The highest BCUT2D eigenvalue weighted by molar-refractivity contribution is 4.90. The van der Waals surface area contributed by atoms with Gasteiger partial charge in [0, 0.05) is 25.7 Å². The van der Waals surface area contributed by atoms with E-state index in [1.807, 2.05) is 0 Å². The maximum atomic E-state index is 3.70. The summed E-state index contributed by atoms with van der Waals surface area (Å²) in [5.41, 5.74) is 0.549. The molecule has 1 N–H and O–H groups in total. The lowest BCUT2D eigenvalue weighted by Crippen LogP contribution is -2.45. The van der Waals surface area contributed by atoms with Crippen LogP contribution in [0.15, 0.2) is 0 Å². The van der Waals surface area contributed by atoms with E-state index < -0.39 is 0 Å². The fraction of sp³-hybridized carbons (Fsp3) is 1.00. The van der Waals surface area contributed by atoms with Gasteiger partial charge >= 0.3 is 0 Å². The zero-order valence-electron chi connectivity index (χ0n) is 14.0. The standard InChI is InChI=1S/C17H36N2/c1-6-16(5)12-19(7-2)14-17(10-8-9-11-17)13-18-15(3)4/h15-16,18H,6-14H2,1-5H3. The molecule has 2 nitrogen and oxygen atoms in total. The summed E-state index contributed by atoms with van der Waals surface area (Å²) in [6, 6.07) is 0.613. The van der Waals surface area contributed by atoms with Crippen LogP contribution < -0.4 is 5.32 Å². The summed E-state index contributed by atoms with van der Waals surface area (Å²) in [5, 5.41) is 3.70. The number of nitrogens with one attached hydrogen (secondary N) is 1. The molecule has 0 aliphatic heterocycles. The second-order valence-electron chi connectivity index (χ2n) is 7.08. The summed E-state index contributed by atoms with van der Waals surface area (Å²) in [4.78, 5) is 2.70. The van der Waals surface area contributed by atoms with Gasteiger partial charge in [-0.2, -0.15) is 0 Å². The van der Waals surface area contributed by atoms with Crippen LogP contribution in [-0.4, -0.2) is 37.1 Å². The first-order valence-electron chi connectivity index (χ1n) is 8.47. The molecule has 1 rings (SSSR count). The van der Waals surface area contributed by atoms with Crippen LogP contribution in [-0.2, 0) is 0 Å². The van der Waals surface area contributed by atoms with E-state index in [-0.39, 0.29) is 0 Å². The highest BCUT2D eigenvalue weighted by Gasteiger charge is 2.35. The van der Waals surface area contributed by atoms with Crippen LogP contribution in [0.2, 0.25) is 0 Å². The number of hydrogen-bond donors (Lipinski definition) is 1. The van der Waals surface area contributed by atoms with Crippen LogP contribution in [0.25, 0.3) is 0 Å². The number of rotatable bonds is 9. The summed E-state index contributed by atoms with van der Waals surface area (Å²) in [6.45, 7) is 16.5. The van der Waals surface area contributed by atoms with Crippen molar-refractivity contribution in [1.82, 2.24) is 10.2 Å². The highest BCUT2D eigenvalue weighted by atomic mass is 15.1. The van der Waals surface area contributed by atoms with Crippen molar-refractivity contribution in [3.63, 3.8) is 0 Å². The van der Waals surface area contributed by atoms with Gasteiger partial charge in [0.1, 0.15) is 0 Å². The predicted octanol–water partition coefficient (Wildman–Crippen LogP) is 3.91. The van der Waals surface area contributed by atoms with Gasteiger partial charge in [0.05, 0.1) is 0 Å². The van der Waals surface area contributed by atoms with Gasteiger partial charge in [-0.25, -0.2) is 0 Å². The van der Waals surface area contributed by atoms with Crippen LogP contribution in [0.3, 0.4) is 0 Å². The van der Waals surface area contributed by atoms with Crippen molar-refractivity contribution in [3.05, 3.63) is 0 Å². The SMILES string of the molecule is CCC(C)CN(CC)CC1(CNC(C)C)CCCC1. The van der Waals surface area contributed by atoms with E-state index in [0.29, 0.717) is 11.5 Å². The van der Waals surface area contributed by atoms with Crippen LogP contribution in [0.1, 0.15) is 66.7 Å². The third kappa shape index (κ3) is 5.83. The molecule has 0 spiro atoms. The molecule has 0 aromatic heterocycles. The number of hydrogen-bond acceptors (Lipinski definition) is 2. The van der Waals surface area contributed by atoms with E-state index in [0.717, 1.165) is 5.92 Å². The fourth-order valence-electron chi connectivity index (χ4n) is 3.29. The van der Waals surface area contributed by atoms with Gasteiger partial charge in [0.25, 0.3) is 0 Å². The molecule has 1 unspecified atom stereocenters. The van der Waals surface area contributed by atoms with Crippen LogP contribution in [0.5, 0.6) is 0 Å². The minimum atomic E-state index is 0.549. The summed E-state index contributed by atoms with van der Waals surface area (Å²) in [5.74, 6) is 0.830. The molecule has 114 valence electrons. The second kappa shape index (κ2) is 8.26. The van der Waals surface area contributed by atoms with Crippen LogP contribution >= 0.6 is 0 Å². The summed E-state index contributed by atoms with van der Waals surface area (Å²) >= 11 is 0. The Morgan fingerprint density at radius 2 is 1.74 bits per heavy atom. The molecule has 0 aromatic rings. The maximum Gasteiger partial charge on any atom is 0.00501 e. The average Bonchev–Trinajstić information content (AvgIpc) is 2.84. The molecular formula is C17H36N2. The molecule has 1 fully saturated rings. The zero-order chi connectivity index (χ0) is 14.3. The highest BCUT2D eigenvalue weighted by Crippen LogP contribution is 2.38. The van der Waals surface area contributed by atoms with Gasteiger partial charge in [0.15, 0.2) is 0 Å². The van der Waals surface area contributed by atoms with Crippen molar-refractivity contribution < 1.29 is 0 Å². The molecule has 1 aliphatic rings. The zero-order valence-corrected chi connectivity index (χ0v) is 14.0. The van der Waals surface area contributed by atoms with E-state index in [4.69, 9.17) is 0 Å². The van der Waals surface area contributed by atoms with Gasteiger partial charge in [-0.05, 0) is 30.7 Å². The van der Waals surface area contributed by atoms with Crippen molar-refractivity contribution in [3.8, 4) is 0 Å². The van der Waals surface area contributed by atoms with Crippen molar-refractivity contribution in [2.45, 2.75) is 72.8 Å².